The van der Waals surface area contributed by atoms with Gasteiger partial charge in [-0.1, -0.05) is 41.4 Å². The minimum Gasteiger partial charge on any atom is -0.486 e. The van der Waals surface area contributed by atoms with Crippen LogP contribution in [0.25, 0.3) is 0 Å². The highest BCUT2D eigenvalue weighted by atomic mass is 35.5. The summed E-state index contributed by atoms with van der Waals surface area (Å²) in [6.45, 7) is 3.12. The van der Waals surface area contributed by atoms with E-state index < -0.39 is 0 Å². The number of amides is 1. The van der Waals surface area contributed by atoms with E-state index in [9.17, 15) is 9.90 Å². The Morgan fingerprint density at radius 2 is 1.97 bits per heavy atom. The number of pyridine rings is 1. The molecule has 5 rings (SSSR count). The van der Waals surface area contributed by atoms with Crippen molar-refractivity contribution in [1.82, 2.24) is 15.3 Å². The summed E-state index contributed by atoms with van der Waals surface area (Å²) in [6.07, 6.45) is 10.6. The van der Waals surface area contributed by atoms with Gasteiger partial charge in [0.25, 0.3) is 5.91 Å². The number of allylic oxidation sites excluding steroid dienone is 1. The van der Waals surface area contributed by atoms with Gasteiger partial charge in [0.15, 0.2) is 0 Å². The van der Waals surface area contributed by atoms with E-state index in [1.165, 1.54) is 0 Å². The van der Waals surface area contributed by atoms with Crippen LogP contribution >= 0.6 is 23.2 Å². The van der Waals surface area contributed by atoms with Crippen LogP contribution in [0.15, 0.2) is 54.4 Å². The van der Waals surface area contributed by atoms with Crippen molar-refractivity contribution >= 4 is 34.8 Å². The molecule has 35 heavy (non-hydrogen) atoms. The van der Waals surface area contributed by atoms with Gasteiger partial charge in [0.1, 0.15) is 11.9 Å². The third-order valence-electron chi connectivity index (χ3n) is 6.89. The number of hydrazine groups is 1. The number of carbonyl (C=O) groups excluding carboxylic acids is 1. The van der Waals surface area contributed by atoms with Crippen molar-refractivity contribution in [3.8, 4) is 5.75 Å². The third kappa shape index (κ3) is 5.05. The molecule has 1 amide bonds. The highest BCUT2D eigenvalue weighted by Crippen LogP contribution is 2.40. The maximum absolute atomic E-state index is 12.9. The molecular weight excluding hydrogens is 487 g/mol. The maximum atomic E-state index is 12.9. The van der Waals surface area contributed by atoms with Crippen molar-refractivity contribution < 1.29 is 14.6 Å². The number of halogens is 2. The molecule has 1 aromatic heterocycles. The van der Waals surface area contributed by atoms with Crippen molar-refractivity contribution in [3.63, 3.8) is 0 Å². The zero-order valence-corrected chi connectivity index (χ0v) is 20.9. The van der Waals surface area contributed by atoms with Crippen LogP contribution in [0, 0.1) is 5.92 Å². The molecule has 0 bridgehead atoms. The fraction of sp³-hybridized carbons (Fsp3) is 0.385. The van der Waals surface area contributed by atoms with E-state index in [1.54, 1.807) is 12.4 Å². The first kappa shape index (κ1) is 24.1. The Morgan fingerprint density at radius 3 is 2.66 bits per heavy atom. The van der Waals surface area contributed by atoms with Crippen molar-refractivity contribution in [2.75, 3.05) is 18.5 Å². The van der Waals surface area contributed by atoms with Gasteiger partial charge in [-0.15, -0.1) is 0 Å². The highest BCUT2D eigenvalue weighted by molar-refractivity contribution is 6.35. The molecule has 9 heteroatoms. The zero-order chi connectivity index (χ0) is 24.5. The fourth-order valence-corrected chi connectivity index (χ4v) is 5.60. The third-order valence-corrected chi connectivity index (χ3v) is 7.49. The molecule has 2 aromatic rings. The summed E-state index contributed by atoms with van der Waals surface area (Å²) in [4.78, 5) is 18.7. The van der Waals surface area contributed by atoms with Gasteiger partial charge in [0.05, 0.1) is 27.9 Å². The van der Waals surface area contributed by atoms with E-state index in [4.69, 9.17) is 27.9 Å². The molecule has 1 fully saturated rings. The number of hydrogen-bond acceptors (Lipinski definition) is 6. The Morgan fingerprint density at radius 1 is 1.23 bits per heavy atom. The molecule has 3 heterocycles. The van der Waals surface area contributed by atoms with Gasteiger partial charge < -0.3 is 20.2 Å². The smallest absolute Gasteiger partial charge is 0.253 e. The summed E-state index contributed by atoms with van der Waals surface area (Å²) in [6, 6.07) is 5.97. The molecule has 7 nitrogen and oxygen atoms in total. The minimum absolute atomic E-state index is 0.0336. The number of nitrogens with zero attached hydrogens (tertiary/aromatic N) is 2. The molecule has 0 saturated carbocycles. The topological polar surface area (TPSA) is 86.7 Å². The summed E-state index contributed by atoms with van der Waals surface area (Å²) in [5.41, 5.74) is 10.2. The average molecular weight is 515 g/mol. The molecule has 3 atom stereocenters. The first-order valence-electron chi connectivity index (χ1n) is 11.9. The van der Waals surface area contributed by atoms with Gasteiger partial charge in [-0.05, 0) is 49.9 Å². The van der Waals surface area contributed by atoms with Crippen LogP contribution in [0.2, 0.25) is 10.0 Å². The van der Waals surface area contributed by atoms with Gasteiger partial charge in [-0.2, -0.15) is 0 Å². The van der Waals surface area contributed by atoms with Crippen molar-refractivity contribution in [3.05, 3.63) is 75.6 Å². The lowest BCUT2D eigenvalue weighted by Crippen LogP contribution is -2.40. The number of fused-ring (bicyclic) bond motifs is 1. The second-order valence-electron chi connectivity index (χ2n) is 9.21. The Hall–Kier alpha value is -2.58. The predicted octanol–water partition coefficient (Wildman–Crippen LogP) is 4.99. The number of hydrogen-bond donors (Lipinski definition) is 3. The second-order valence-corrected chi connectivity index (χ2v) is 10.0. The fourth-order valence-electron chi connectivity index (χ4n) is 4.92. The van der Waals surface area contributed by atoms with Gasteiger partial charge in [0.2, 0.25) is 0 Å². The summed E-state index contributed by atoms with van der Waals surface area (Å²) in [5.74, 6) is 0.942. The number of ether oxygens (including phenoxy) is 1. The average Bonchev–Trinajstić information content (AvgIpc) is 3.27. The van der Waals surface area contributed by atoms with E-state index in [0.717, 1.165) is 23.2 Å². The largest absolute Gasteiger partial charge is 0.486 e. The van der Waals surface area contributed by atoms with Crippen LogP contribution in [0.5, 0.6) is 5.75 Å². The molecule has 0 spiro atoms. The molecule has 3 aliphatic rings. The Labute approximate surface area is 214 Å². The first-order valence-corrected chi connectivity index (χ1v) is 12.6. The number of carbonyl (C=O) groups is 1. The SMILES string of the molecule is CC(Oc1ccc2c(c1)C(C1C=CC(C(=O)N3CCC(O)CC3)=CC1)NN2)c1c(Cl)cncc1Cl. The number of nitrogens with one attached hydrogen (secondary N) is 2. The molecule has 3 unspecified atom stereocenters. The van der Waals surface area contributed by atoms with E-state index in [2.05, 4.69) is 21.9 Å². The van der Waals surface area contributed by atoms with Crippen molar-refractivity contribution in [1.29, 1.82) is 0 Å². The van der Waals surface area contributed by atoms with Gasteiger partial charge in [0, 0.05) is 42.5 Å². The normalized spacial score (nSPS) is 22.9. The van der Waals surface area contributed by atoms with Crippen LogP contribution in [0.1, 0.15) is 49.5 Å². The van der Waals surface area contributed by atoms with E-state index in [0.29, 0.717) is 47.3 Å². The molecule has 1 saturated heterocycles. The Bertz CT molecular complexity index is 1160. The quantitative estimate of drug-likeness (QED) is 0.521. The van der Waals surface area contributed by atoms with Crippen LogP contribution in [0.3, 0.4) is 0 Å². The lowest BCUT2D eigenvalue weighted by Gasteiger charge is -2.31. The summed E-state index contributed by atoms with van der Waals surface area (Å²) < 4.78 is 6.20. The van der Waals surface area contributed by atoms with Crippen LogP contribution in [0.4, 0.5) is 5.69 Å². The van der Waals surface area contributed by atoms with E-state index in [1.807, 2.05) is 42.2 Å². The molecule has 0 radical (unpaired) electrons. The summed E-state index contributed by atoms with van der Waals surface area (Å²) in [5, 5.41) is 10.6. The number of rotatable bonds is 5. The molecule has 1 aromatic carbocycles. The zero-order valence-electron chi connectivity index (χ0n) is 19.4. The Kier molecular flexibility index (Phi) is 7.02. The van der Waals surface area contributed by atoms with Crippen molar-refractivity contribution in [2.24, 2.45) is 5.92 Å². The summed E-state index contributed by atoms with van der Waals surface area (Å²) >= 11 is 12.6. The van der Waals surface area contributed by atoms with E-state index >= 15 is 0 Å². The summed E-state index contributed by atoms with van der Waals surface area (Å²) in [7, 11) is 0. The van der Waals surface area contributed by atoms with Crippen LogP contribution in [-0.2, 0) is 4.79 Å². The number of aromatic nitrogens is 1. The van der Waals surface area contributed by atoms with Crippen LogP contribution in [-0.4, -0.2) is 40.1 Å². The highest BCUT2D eigenvalue weighted by Gasteiger charge is 2.31. The number of piperidine rings is 1. The van der Waals surface area contributed by atoms with Crippen molar-refractivity contribution in [2.45, 2.75) is 44.4 Å². The number of anilines is 1. The van der Waals surface area contributed by atoms with Gasteiger partial charge in [-0.3, -0.25) is 9.78 Å². The number of likely N-dealkylation sites (tertiary alicyclic amines) is 1. The number of benzene rings is 1. The monoisotopic (exact) mass is 514 g/mol. The minimum atomic E-state index is -0.348. The molecule has 1 aliphatic carbocycles. The van der Waals surface area contributed by atoms with E-state index in [-0.39, 0.29) is 30.1 Å². The molecular formula is C26H28Cl2N4O3. The Balaban J connectivity index is 1.27. The van der Waals surface area contributed by atoms with Gasteiger partial charge >= 0.3 is 0 Å². The first-order chi connectivity index (χ1) is 16.9. The number of aliphatic hydroxyl groups is 1. The number of aliphatic hydroxyl groups excluding tert-OH is 1. The predicted molar refractivity (Wildman–Crippen MR) is 136 cm³/mol. The second kappa shape index (κ2) is 10.2. The lowest BCUT2D eigenvalue weighted by atomic mass is 9.86. The maximum Gasteiger partial charge on any atom is 0.253 e. The molecule has 2 aliphatic heterocycles. The molecule has 3 N–H and O–H groups in total. The van der Waals surface area contributed by atoms with Crippen LogP contribution < -0.4 is 15.6 Å². The standard InChI is InChI=1S/C26H28Cl2N4O3/c1-15(24-21(27)13-29-14-22(24)28)35-19-6-7-23-20(12-19)25(31-30-23)16-2-4-17(5-3-16)26(34)32-10-8-18(33)9-11-32/h2,4-7,12-16,18,25,30-31,33H,3,8-11H2,1H3. The lowest BCUT2D eigenvalue weighted by molar-refractivity contribution is -0.128. The van der Waals surface area contributed by atoms with Gasteiger partial charge in [-0.25, -0.2) is 5.43 Å². The molecule has 184 valence electrons.